The summed E-state index contributed by atoms with van der Waals surface area (Å²) in [5, 5.41) is 3.19. The first-order valence-electron chi connectivity index (χ1n) is 6.72. The fourth-order valence-corrected chi connectivity index (χ4v) is 2.24. The zero-order valence-electron chi connectivity index (χ0n) is 11.4. The number of hydrogen-bond donors (Lipinski definition) is 2. The van der Waals surface area contributed by atoms with Crippen molar-refractivity contribution in [2.24, 2.45) is 5.92 Å². The molecular formula is C12H21N5O2. The lowest BCUT2D eigenvalue weighted by Crippen LogP contribution is -2.23. The van der Waals surface area contributed by atoms with Crippen molar-refractivity contribution in [1.29, 1.82) is 0 Å². The first-order chi connectivity index (χ1) is 9.22. The number of ether oxygens (including phenoxy) is 2. The maximum Gasteiger partial charge on any atom is 0.323 e. The second-order valence-corrected chi connectivity index (χ2v) is 4.48. The molecule has 7 heteroatoms. The van der Waals surface area contributed by atoms with E-state index in [0.29, 0.717) is 24.6 Å². The second-order valence-electron chi connectivity index (χ2n) is 4.48. The molecule has 2 atom stereocenters. The van der Waals surface area contributed by atoms with Crippen LogP contribution in [0.2, 0.25) is 0 Å². The molecular weight excluding hydrogens is 246 g/mol. The zero-order valence-corrected chi connectivity index (χ0v) is 11.4. The highest BCUT2D eigenvalue weighted by Gasteiger charge is 2.26. The zero-order chi connectivity index (χ0) is 13.7. The van der Waals surface area contributed by atoms with Crippen molar-refractivity contribution >= 4 is 11.9 Å². The summed E-state index contributed by atoms with van der Waals surface area (Å²) in [6.07, 6.45) is 2.40. The van der Waals surface area contributed by atoms with Crippen molar-refractivity contribution in [1.82, 2.24) is 15.0 Å². The van der Waals surface area contributed by atoms with Crippen molar-refractivity contribution in [3.05, 3.63) is 0 Å². The van der Waals surface area contributed by atoms with Gasteiger partial charge in [0.05, 0.1) is 12.7 Å². The lowest BCUT2D eigenvalue weighted by atomic mass is 10.00. The quantitative estimate of drug-likeness (QED) is 0.796. The van der Waals surface area contributed by atoms with Gasteiger partial charge in [0.15, 0.2) is 0 Å². The highest BCUT2D eigenvalue weighted by atomic mass is 16.5. The van der Waals surface area contributed by atoms with Gasteiger partial charge in [-0.1, -0.05) is 6.92 Å². The Hall–Kier alpha value is -1.63. The van der Waals surface area contributed by atoms with Crippen LogP contribution in [-0.2, 0) is 4.74 Å². The predicted octanol–water partition coefficient (Wildman–Crippen LogP) is 1.08. The van der Waals surface area contributed by atoms with E-state index >= 15 is 0 Å². The van der Waals surface area contributed by atoms with Crippen LogP contribution in [0.4, 0.5) is 11.9 Å². The van der Waals surface area contributed by atoms with Crippen LogP contribution in [0, 0.1) is 5.92 Å². The number of rotatable bonds is 6. The molecule has 7 nitrogen and oxygen atoms in total. The van der Waals surface area contributed by atoms with Gasteiger partial charge in [0.25, 0.3) is 0 Å². The minimum atomic E-state index is 0.163. The summed E-state index contributed by atoms with van der Waals surface area (Å²) >= 11 is 0. The van der Waals surface area contributed by atoms with Gasteiger partial charge in [-0.25, -0.2) is 0 Å². The van der Waals surface area contributed by atoms with Gasteiger partial charge in [0, 0.05) is 19.1 Å². The molecule has 0 amide bonds. The molecule has 2 heterocycles. The molecule has 2 unspecified atom stereocenters. The van der Waals surface area contributed by atoms with Gasteiger partial charge in [-0.05, 0) is 19.8 Å². The minimum Gasteiger partial charge on any atom is -0.464 e. The Morgan fingerprint density at radius 3 is 2.95 bits per heavy atom. The van der Waals surface area contributed by atoms with Crippen molar-refractivity contribution in [2.75, 3.05) is 30.8 Å². The van der Waals surface area contributed by atoms with Crippen molar-refractivity contribution in [2.45, 2.75) is 32.8 Å². The summed E-state index contributed by atoms with van der Waals surface area (Å²) in [6, 6.07) is 0.257. The maximum absolute atomic E-state index is 5.65. The molecule has 1 aliphatic heterocycles. The summed E-state index contributed by atoms with van der Waals surface area (Å²) in [5.41, 5.74) is 5.62. The highest BCUT2D eigenvalue weighted by Crippen LogP contribution is 2.23. The van der Waals surface area contributed by atoms with Crippen LogP contribution < -0.4 is 15.8 Å². The third-order valence-corrected chi connectivity index (χ3v) is 3.18. The van der Waals surface area contributed by atoms with Crippen molar-refractivity contribution in [3.8, 4) is 6.01 Å². The molecule has 0 saturated carbocycles. The molecule has 106 valence electrons. The summed E-state index contributed by atoms with van der Waals surface area (Å²) in [5.74, 6) is 1.10. The van der Waals surface area contributed by atoms with Gasteiger partial charge in [0.2, 0.25) is 11.9 Å². The van der Waals surface area contributed by atoms with Gasteiger partial charge in [-0.3, -0.25) is 0 Å². The molecule has 3 N–H and O–H groups in total. The largest absolute Gasteiger partial charge is 0.464 e. The van der Waals surface area contributed by atoms with Gasteiger partial charge >= 0.3 is 6.01 Å². The smallest absolute Gasteiger partial charge is 0.323 e. The molecule has 1 aliphatic rings. The lowest BCUT2D eigenvalue weighted by molar-refractivity contribution is 0.0900. The van der Waals surface area contributed by atoms with E-state index in [9.17, 15) is 0 Å². The number of nitrogen functional groups attached to an aromatic ring is 1. The van der Waals surface area contributed by atoms with E-state index in [1.165, 1.54) is 0 Å². The SMILES string of the molecule is CCOc1nc(N)nc(NCC2CCOC2CC)n1. The van der Waals surface area contributed by atoms with Crippen LogP contribution >= 0.6 is 0 Å². The van der Waals surface area contributed by atoms with E-state index in [0.717, 1.165) is 26.0 Å². The third kappa shape index (κ3) is 3.66. The molecule has 1 aromatic rings. The Morgan fingerprint density at radius 1 is 1.37 bits per heavy atom. The fraction of sp³-hybridized carbons (Fsp3) is 0.750. The topological polar surface area (TPSA) is 95.2 Å². The summed E-state index contributed by atoms with van der Waals surface area (Å²) < 4.78 is 10.9. The maximum atomic E-state index is 5.65. The first-order valence-corrected chi connectivity index (χ1v) is 6.72. The Morgan fingerprint density at radius 2 is 2.21 bits per heavy atom. The molecule has 2 rings (SSSR count). The molecule has 0 aromatic carbocycles. The molecule has 19 heavy (non-hydrogen) atoms. The van der Waals surface area contributed by atoms with Crippen molar-refractivity contribution < 1.29 is 9.47 Å². The number of hydrogen-bond acceptors (Lipinski definition) is 7. The third-order valence-electron chi connectivity index (χ3n) is 3.18. The van der Waals surface area contributed by atoms with Crippen LogP contribution in [0.25, 0.3) is 0 Å². The highest BCUT2D eigenvalue weighted by molar-refractivity contribution is 5.32. The number of nitrogens with zero attached hydrogens (tertiary/aromatic N) is 3. The second kappa shape index (κ2) is 6.51. The lowest BCUT2D eigenvalue weighted by Gasteiger charge is -2.17. The van der Waals surface area contributed by atoms with Crippen LogP contribution in [-0.4, -0.2) is 40.8 Å². The van der Waals surface area contributed by atoms with Gasteiger partial charge in [-0.2, -0.15) is 15.0 Å². The van der Waals surface area contributed by atoms with E-state index in [1.54, 1.807) is 0 Å². The van der Waals surface area contributed by atoms with E-state index in [1.807, 2.05) is 6.92 Å². The van der Waals surface area contributed by atoms with Crippen LogP contribution in [0.5, 0.6) is 6.01 Å². The minimum absolute atomic E-state index is 0.163. The molecule has 1 fully saturated rings. The van der Waals surface area contributed by atoms with Crippen molar-refractivity contribution in [3.63, 3.8) is 0 Å². The van der Waals surface area contributed by atoms with E-state index in [-0.39, 0.29) is 12.0 Å². The van der Waals surface area contributed by atoms with Crippen LogP contribution in [0.3, 0.4) is 0 Å². The van der Waals surface area contributed by atoms with Crippen LogP contribution in [0.15, 0.2) is 0 Å². The predicted molar refractivity (Wildman–Crippen MR) is 72.0 cm³/mol. The molecule has 0 spiro atoms. The molecule has 0 radical (unpaired) electrons. The summed E-state index contributed by atoms with van der Waals surface area (Å²) in [4.78, 5) is 12.1. The number of nitrogens with two attached hydrogens (primary N) is 1. The van der Waals surface area contributed by atoms with Gasteiger partial charge < -0.3 is 20.5 Å². The normalized spacial score (nSPS) is 22.4. The number of anilines is 2. The van der Waals surface area contributed by atoms with E-state index in [4.69, 9.17) is 15.2 Å². The fourth-order valence-electron chi connectivity index (χ4n) is 2.24. The Balaban J connectivity index is 1.95. The van der Waals surface area contributed by atoms with Gasteiger partial charge in [-0.15, -0.1) is 0 Å². The Labute approximate surface area is 112 Å². The van der Waals surface area contributed by atoms with E-state index in [2.05, 4.69) is 27.2 Å². The summed E-state index contributed by atoms with van der Waals surface area (Å²) in [6.45, 7) is 6.10. The average Bonchev–Trinajstić information content (AvgIpc) is 2.83. The van der Waals surface area contributed by atoms with Crippen LogP contribution in [0.1, 0.15) is 26.7 Å². The Bertz CT molecular complexity index is 415. The molecule has 0 bridgehead atoms. The Kier molecular flexibility index (Phi) is 4.73. The van der Waals surface area contributed by atoms with E-state index < -0.39 is 0 Å². The first kappa shape index (κ1) is 13.8. The van der Waals surface area contributed by atoms with Gasteiger partial charge in [0.1, 0.15) is 0 Å². The number of nitrogens with one attached hydrogen (secondary N) is 1. The molecule has 0 aliphatic carbocycles. The monoisotopic (exact) mass is 267 g/mol. The summed E-state index contributed by atoms with van der Waals surface area (Å²) in [7, 11) is 0. The standard InChI is InChI=1S/C12H21N5O2/c1-3-9-8(5-6-19-9)7-14-11-15-10(13)16-12(17-11)18-4-2/h8-9H,3-7H2,1-2H3,(H3,13,14,15,16,17). The molecule has 1 aromatic heterocycles. The average molecular weight is 267 g/mol. The number of aromatic nitrogens is 3. The molecule has 1 saturated heterocycles.